The Kier molecular flexibility index (Phi) is 2.84. The lowest BCUT2D eigenvalue weighted by Crippen LogP contribution is -1.86. The molecule has 16 heavy (non-hydrogen) atoms. The first-order valence-corrected chi connectivity index (χ1v) is 4.88. The average Bonchev–Trinajstić information content (AvgIpc) is 2.30. The van der Waals surface area contributed by atoms with Crippen LogP contribution in [-0.4, -0.2) is 4.98 Å². The van der Waals surface area contributed by atoms with Gasteiger partial charge >= 0.3 is 0 Å². The molecule has 0 unspecified atom stereocenters. The van der Waals surface area contributed by atoms with E-state index in [-0.39, 0.29) is 0 Å². The number of hydrogen-bond acceptors (Lipinski definition) is 3. The molecule has 1 heterocycles. The molecule has 0 aliphatic carbocycles. The van der Waals surface area contributed by atoms with Gasteiger partial charge in [-0.15, -0.1) is 0 Å². The summed E-state index contributed by atoms with van der Waals surface area (Å²) in [5.74, 6) is 1.46. The first-order valence-electron chi connectivity index (χ1n) is 4.88. The van der Waals surface area contributed by atoms with Crippen LogP contribution in [0.15, 0.2) is 42.6 Å². The van der Waals surface area contributed by atoms with Gasteiger partial charge in [0.05, 0.1) is 11.6 Å². The van der Waals surface area contributed by atoms with Gasteiger partial charge in [-0.2, -0.15) is 5.26 Å². The van der Waals surface area contributed by atoms with Crippen LogP contribution in [0.2, 0.25) is 0 Å². The largest absolute Gasteiger partial charge is 0.457 e. The molecule has 0 spiro atoms. The zero-order valence-electron chi connectivity index (χ0n) is 8.84. The minimum absolute atomic E-state index is 0.623. The van der Waals surface area contributed by atoms with Crippen molar-refractivity contribution in [2.45, 2.75) is 6.92 Å². The number of benzene rings is 1. The van der Waals surface area contributed by atoms with Gasteiger partial charge in [0.2, 0.25) is 0 Å². The van der Waals surface area contributed by atoms with Crippen molar-refractivity contribution in [1.29, 1.82) is 5.26 Å². The summed E-state index contributed by atoms with van der Waals surface area (Å²) in [4.78, 5) is 4.09. The van der Waals surface area contributed by atoms with Crippen molar-refractivity contribution >= 4 is 0 Å². The summed E-state index contributed by atoms with van der Waals surface area (Å²) in [6, 6.07) is 12.7. The van der Waals surface area contributed by atoms with Gasteiger partial charge < -0.3 is 4.74 Å². The summed E-state index contributed by atoms with van der Waals surface area (Å²) in [7, 11) is 0. The smallest absolute Gasteiger partial charge is 0.130 e. The van der Waals surface area contributed by atoms with E-state index < -0.39 is 0 Å². The van der Waals surface area contributed by atoms with E-state index in [1.807, 2.05) is 13.0 Å². The number of ether oxygens (including phenoxy) is 1. The van der Waals surface area contributed by atoms with Crippen molar-refractivity contribution in [3.05, 3.63) is 53.9 Å². The van der Waals surface area contributed by atoms with Crippen LogP contribution >= 0.6 is 0 Å². The molecule has 0 aliphatic heterocycles. The van der Waals surface area contributed by atoms with Gasteiger partial charge in [-0.05, 0) is 37.3 Å². The number of rotatable bonds is 2. The lowest BCUT2D eigenvalue weighted by molar-refractivity contribution is 0.481. The molecule has 0 bridgehead atoms. The molecule has 78 valence electrons. The molecule has 1 aromatic carbocycles. The molecule has 2 aromatic rings. The number of aryl methyl sites for hydroxylation is 1. The highest BCUT2D eigenvalue weighted by molar-refractivity contribution is 5.37. The van der Waals surface area contributed by atoms with Crippen LogP contribution in [0.25, 0.3) is 0 Å². The van der Waals surface area contributed by atoms with Crippen LogP contribution in [0.1, 0.15) is 11.3 Å². The number of aromatic nitrogens is 1. The molecule has 1 aromatic heterocycles. The summed E-state index contributed by atoms with van der Waals surface area (Å²) >= 11 is 0. The van der Waals surface area contributed by atoms with Crippen molar-refractivity contribution in [3.63, 3.8) is 0 Å². The highest BCUT2D eigenvalue weighted by atomic mass is 16.5. The summed E-state index contributed by atoms with van der Waals surface area (Å²) in [5.41, 5.74) is 1.53. The fourth-order valence-corrected chi connectivity index (χ4v) is 1.32. The van der Waals surface area contributed by atoms with Crippen molar-refractivity contribution < 1.29 is 4.74 Å². The van der Waals surface area contributed by atoms with Gasteiger partial charge in [-0.25, -0.2) is 0 Å². The Morgan fingerprint density at radius 3 is 2.50 bits per heavy atom. The zero-order valence-corrected chi connectivity index (χ0v) is 8.84. The van der Waals surface area contributed by atoms with Gasteiger partial charge in [0.25, 0.3) is 0 Å². The normalized spacial score (nSPS) is 9.50. The van der Waals surface area contributed by atoms with E-state index >= 15 is 0 Å². The van der Waals surface area contributed by atoms with Crippen LogP contribution in [0.5, 0.6) is 11.5 Å². The van der Waals surface area contributed by atoms with Gasteiger partial charge in [-0.1, -0.05) is 0 Å². The molecule has 0 radical (unpaired) electrons. The summed E-state index contributed by atoms with van der Waals surface area (Å²) < 4.78 is 5.61. The monoisotopic (exact) mass is 210 g/mol. The molecule has 0 fully saturated rings. The Balaban J connectivity index is 2.18. The zero-order chi connectivity index (χ0) is 11.4. The maximum absolute atomic E-state index is 8.66. The second-order valence-corrected chi connectivity index (χ2v) is 3.37. The molecule has 0 amide bonds. The van der Waals surface area contributed by atoms with Crippen molar-refractivity contribution in [2.75, 3.05) is 0 Å². The molecule has 0 aliphatic rings. The molecular weight excluding hydrogens is 200 g/mol. The molecular formula is C13H10N2O. The van der Waals surface area contributed by atoms with E-state index in [0.717, 1.165) is 11.4 Å². The topological polar surface area (TPSA) is 45.9 Å². The van der Waals surface area contributed by atoms with E-state index in [1.54, 1.807) is 36.5 Å². The predicted octanol–water partition coefficient (Wildman–Crippen LogP) is 3.05. The van der Waals surface area contributed by atoms with Crippen LogP contribution in [0, 0.1) is 18.3 Å². The SMILES string of the molecule is Cc1cc(Oc2ccc(C#N)cc2)ccn1. The number of nitriles is 1. The first kappa shape index (κ1) is 10.2. The van der Waals surface area contributed by atoms with Gasteiger partial charge in [0.15, 0.2) is 0 Å². The Morgan fingerprint density at radius 2 is 1.88 bits per heavy atom. The van der Waals surface area contributed by atoms with Crippen LogP contribution in [0.4, 0.5) is 0 Å². The second kappa shape index (κ2) is 4.45. The van der Waals surface area contributed by atoms with E-state index in [2.05, 4.69) is 11.1 Å². The third-order valence-corrected chi connectivity index (χ3v) is 2.09. The standard InChI is InChI=1S/C13H10N2O/c1-10-8-13(6-7-15-10)16-12-4-2-11(9-14)3-5-12/h2-8H,1H3. The Morgan fingerprint density at radius 1 is 1.12 bits per heavy atom. The summed E-state index contributed by atoms with van der Waals surface area (Å²) in [5, 5.41) is 8.66. The third-order valence-electron chi connectivity index (χ3n) is 2.09. The van der Waals surface area contributed by atoms with Crippen molar-refractivity contribution in [1.82, 2.24) is 4.98 Å². The Hall–Kier alpha value is -2.34. The molecule has 0 saturated carbocycles. The highest BCUT2D eigenvalue weighted by Gasteiger charge is 1.98. The van der Waals surface area contributed by atoms with Crippen LogP contribution < -0.4 is 4.74 Å². The lowest BCUT2D eigenvalue weighted by Gasteiger charge is -2.05. The minimum atomic E-state index is 0.623. The maximum atomic E-state index is 8.66. The lowest BCUT2D eigenvalue weighted by atomic mass is 10.2. The molecule has 3 nitrogen and oxygen atoms in total. The average molecular weight is 210 g/mol. The van der Waals surface area contributed by atoms with E-state index in [9.17, 15) is 0 Å². The number of hydrogen-bond donors (Lipinski definition) is 0. The molecule has 0 atom stereocenters. The van der Waals surface area contributed by atoms with Crippen molar-refractivity contribution in [3.8, 4) is 17.6 Å². The number of pyridine rings is 1. The maximum Gasteiger partial charge on any atom is 0.130 e. The Bertz CT molecular complexity index is 526. The fraction of sp³-hybridized carbons (Fsp3) is 0.0769. The number of nitrogens with zero attached hydrogens (tertiary/aromatic N) is 2. The van der Waals surface area contributed by atoms with Crippen LogP contribution in [0.3, 0.4) is 0 Å². The van der Waals surface area contributed by atoms with E-state index in [4.69, 9.17) is 10.00 Å². The quantitative estimate of drug-likeness (QED) is 0.765. The second-order valence-electron chi connectivity index (χ2n) is 3.37. The summed E-state index contributed by atoms with van der Waals surface area (Å²) in [6.07, 6.45) is 1.70. The Labute approximate surface area is 93.9 Å². The fourth-order valence-electron chi connectivity index (χ4n) is 1.32. The van der Waals surface area contributed by atoms with Gasteiger partial charge in [0.1, 0.15) is 11.5 Å². The van der Waals surface area contributed by atoms with Gasteiger partial charge in [0, 0.05) is 18.0 Å². The van der Waals surface area contributed by atoms with Crippen LogP contribution in [-0.2, 0) is 0 Å². The predicted molar refractivity (Wildman–Crippen MR) is 60.2 cm³/mol. The molecule has 0 saturated heterocycles. The third kappa shape index (κ3) is 2.37. The molecule has 0 N–H and O–H groups in total. The first-order chi connectivity index (χ1) is 7.78. The van der Waals surface area contributed by atoms with E-state index in [0.29, 0.717) is 11.3 Å². The molecule has 2 rings (SSSR count). The minimum Gasteiger partial charge on any atom is -0.457 e. The van der Waals surface area contributed by atoms with Crippen molar-refractivity contribution in [2.24, 2.45) is 0 Å². The van der Waals surface area contributed by atoms with Gasteiger partial charge in [-0.3, -0.25) is 4.98 Å². The summed E-state index contributed by atoms with van der Waals surface area (Å²) in [6.45, 7) is 1.91. The molecule has 3 heteroatoms. The van der Waals surface area contributed by atoms with E-state index in [1.165, 1.54) is 0 Å². The highest BCUT2D eigenvalue weighted by Crippen LogP contribution is 2.21.